The molecule has 1 fully saturated rings. The Balaban J connectivity index is 1.72. The van der Waals surface area contributed by atoms with Crippen molar-refractivity contribution in [3.8, 4) is 0 Å². The Morgan fingerprint density at radius 3 is 1.56 bits per heavy atom. The van der Waals surface area contributed by atoms with Crippen LogP contribution in [0.5, 0.6) is 0 Å². The van der Waals surface area contributed by atoms with Crippen molar-refractivity contribution in [2.24, 2.45) is 5.73 Å². The van der Waals surface area contributed by atoms with Crippen LogP contribution in [0.4, 0.5) is 5.82 Å². The molecule has 4 unspecified atom stereocenters. The van der Waals surface area contributed by atoms with Crippen LogP contribution in [-0.2, 0) is 28.6 Å². The minimum Gasteiger partial charge on any atom is -0.462 e. The second kappa shape index (κ2) is 39.5. The summed E-state index contributed by atoms with van der Waals surface area (Å²) in [6.07, 6.45) is 31.3. The van der Waals surface area contributed by atoms with Crippen LogP contribution in [0, 0.1) is 0 Å². The first kappa shape index (κ1) is 59.8. The van der Waals surface area contributed by atoms with Gasteiger partial charge in [0, 0.05) is 24.3 Å². The lowest BCUT2D eigenvalue weighted by atomic mass is 9.98. The van der Waals surface area contributed by atoms with E-state index in [1.165, 1.54) is 172 Å². The lowest BCUT2D eigenvalue weighted by Gasteiger charge is -2.39. The largest absolute Gasteiger partial charge is 0.462 e. The number of nitrogens with two attached hydrogens (primary N) is 1. The highest BCUT2D eigenvalue weighted by molar-refractivity contribution is 7.99. The number of unbranched alkanes of at least 4 members (excludes halogenated alkanes) is 28. The van der Waals surface area contributed by atoms with Gasteiger partial charge in [0.25, 0.3) is 0 Å². The number of nitrogens with zero attached hydrogens (tertiary/aromatic N) is 3. The van der Waals surface area contributed by atoms with Crippen LogP contribution >= 0.6 is 11.8 Å². The van der Waals surface area contributed by atoms with Crippen molar-refractivity contribution in [3.05, 3.63) is 6.20 Å². The van der Waals surface area contributed by atoms with Gasteiger partial charge in [-0.2, -0.15) is 11.8 Å². The molecule has 15 nitrogen and oxygen atoms in total. The van der Waals surface area contributed by atoms with E-state index in [-0.39, 0.29) is 42.3 Å². The predicted molar refractivity (Wildman–Crippen MR) is 263 cm³/mol. The highest BCUT2D eigenvalue weighted by Gasteiger charge is 2.44. The number of carbonyl (C=O) groups is 3. The highest BCUT2D eigenvalue weighted by atomic mass is 32.2. The number of ether oxygens (including phenoxy) is 3. The van der Waals surface area contributed by atoms with Crippen molar-refractivity contribution in [1.82, 2.24) is 15.0 Å². The number of hydrogen-bond acceptors (Lipinski definition) is 14. The van der Waals surface area contributed by atoms with Gasteiger partial charge >= 0.3 is 11.9 Å². The summed E-state index contributed by atoms with van der Waals surface area (Å²) in [6, 6.07) is -0.989. The van der Waals surface area contributed by atoms with E-state index in [1.807, 2.05) is 0 Å². The summed E-state index contributed by atoms with van der Waals surface area (Å²) < 4.78 is 18.0. The molecule has 16 heteroatoms. The van der Waals surface area contributed by atoms with Gasteiger partial charge in [-0.05, 0) is 12.8 Å². The Hall–Kier alpha value is -2.34. The third-order valence-electron chi connectivity index (χ3n) is 12.5. The molecule has 384 valence electrons. The summed E-state index contributed by atoms with van der Waals surface area (Å²) in [5.74, 6) is -0.786. The molecule has 0 radical (unpaired) electrons. The van der Waals surface area contributed by atoms with Gasteiger partial charge in [0.1, 0.15) is 37.1 Å². The van der Waals surface area contributed by atoms with E-state index in [4.69, 9.17) is 19.9 Å². The normalized spacial score (nSPS) is 19.4. The fourth-order valence-electron chi connectivity index (χ4n) is 8.28. The first-order valence-electron chi connectivity index (χ1n) is 26.3. The van der Waals surface area contributed by atoms with Crippen molar-refractivity contribution in [3.63, 3.8) is 0 Å². The lowest BCUT2D eigenvalue weighted by Crippen LogP contribution is -2.56. The molecule has 1 aromatic heterocycles. The van der Waals surface area contributed by atoms with Gasteiger partial charge in [-0.1, -0.05) is 199 Å². The van der Waals surface area contributed by atoms with Crippen molar-refractivity contribution in [1.29, 1.82) is 0 Å². The Morgan fingerprint density at radius 2 is 1.11 bits per heavy atom. The van der Waals surface area contributed by atoms with Crippen molar-refractivity contribution >= 4 is 35.4 Å². The molecule has 0 spiro atoms. The number of aliphatic hydroxyl groups excluding tert-OH is 4. The first-order chi connectivity index (χ1) is 32.1. The quantitative estimate of drug-likeness (QED) is 0.0265. The maximum Gasteiger partial charge on any atom is 0.306 e. The van der Waals surface area contributed by atoms with Gasteiger partial charge in [-0.3, -0.25) is 14.4 Å². The second-order valence-electron chi connectivity index (χ2n) is 18.6. The number of thioether (sulfide) groups is 1. The zero-order valence-electron chi connectivity index (χ0n) is 41.1. The van der Waals surface area contributed by atoms with Gasteiger partial charge in [-0.25, -0.2) is 4.68 Å². The minimum absolute atomic E-state index is 0.00372. The van der Waals surface area contributed by atoms with E-state index < -0.39 is 55.3 Å². The van der Waals surface area contributed by atoms with Gasteiger partial charge in [0.15, 0.2) is 12.0 Å². The van der Waals surface area contributed by atoms with Crippen molar-refractivity contribution in [2.45, 2.75) is 262 Å². The third-order valence-corrected chi connectivity index (χ3v) is 13.7. The number of amides is 1. The van der Waals surface area contributed by atoms with Crippen LogP contribution in [0.2, 0.25) is 0 Å². The van der Waals surface area contributed by atoms with Gasteiger partial charge < -0.3 is 45.7 Å². The number of carbonyl (C=O) groups excluding carboxylic acids is 3. The molecular formula is C50H93N5O10S. The van der Waals surface area contributed by atoms with E-state index in [2.05, 4.69) is 29.5 Å². The standard InChI is InChI=1S/C50H93N5O10S/c1-3-5-7-9-11-13-15-17-19-21-23-25-27-29-31-33-44(57)63-37-40(64-45(58)34-32-30-28-26-24-22-20-18-16-14-12-10-8-6-4-2)38-66-39-41(51)49(62)52-43-35-55(54-53-43)50-48(61)47(60)46(59)42(36-56)65-50/h35,40-42,46-48,50,56,59-61H,3-34,36-39,51H2,1-2H3,(H,52,62)/t40-,41-,42?,46?,47?,48?,50+/m1/s1. The maximum atomic E-state index is 13.0. The number of aromatic nitrogens is 3. The van der Waals surface area contributed by atoms with E-state index in [0.29, 0.717) is 6.42 Å². The average Bonchev–Trinajstić information content (AvgIpc) is 3.77. The molecular weight excluding hydrogens is 863 g/mol. The van der Waals surface area contributed by atoms with Crippen molar-refractivity contribution < 1.29 is 49.0 Å². The third kappa shape index (κ3) is 28.2. The smallest absolute Gasteiger partial charge is 0.306 e. The summed E-state index contributed by atoms with van der Waals surface area (Å²) >= 11 is 1.30. The van der Waals surface area contributed by atoms with E-state index >= 15 is 0 Å². The average molecular weight is 956 g/mol. The van der Waals surface area contributed by atoms with Crippen LogP contribution in [-0.4, -0.2) is 115 Å². The molecule has 7 N–H and O–H groups in total. The predicted octanol–water partition coefficient (Wildman–Crippen LogP) is 9.23. The molecule has 0 aliphatic carbocycles. The minimum atomic E-state index is -1.60. The Bertz CT molecular complexity index is 1360. The second-order valence-corrected chi connectivity index (χ2v) is 19.7. The molecule has 1 saturated heterocycles. The molecule has 2 heterocycles. The van der Waals surface area contributed by atoms with Crippen LogP contribution < -0.4 is 11.1 Å². The van der Waals surface area contributed by atoms with E-state index in [0.717, 1.165) is 43.2 Å². The fourth-order valence-corrected chi connectivity index (χ4v) is 9.25. The molecule has 0 saturated carbocycles. The van der Waals surface area contributed by atoms with Crippen molar-refractivity contribution in [2.75, 3.05) is 30.0 Å². The molecule has 0 aromatic carbocycles. The molecule has 1 aliphatic rings. The lowest BCUT2D eigenvalue weighted by molar-refractivity contribution is -0.254. The van der Waals surface area contributed by atoms with E-state index in [1.54, 1.807) is 0 Å². The van der Waals surface area contributed by atoms with Crippen LogP contribution in [0.25, 0.3) is 0 Å². The Labute approximate surface area is 402 Å². The van der Waals surface area contributed by atoms with Crippen LogP contribution in [0.15, 0.2) is 6.20 Å². The summed E-state index contributed by atoms with van der Waals surface area (Å²) in [7, 11) is 0. The summed E-state index contributed by atoms with van der Waals surface area (Å²) in [4.78, 5) is 38.6. The number of anilines is 1. The maximum absolute atomic E-state index is 13.0. The molecule has 66 heavy (non-hydrogen) atoms. The molecule has 7 atom stereocenters. The van der Waals surface area contributed by atoms with Crippen LogP contribution in [0.3, 0.4) is 0 Å². The number of nitrogens with one attached hydrogen (secondary N) is 1. The Kier molecular flexibility index (Phi) is 35.8. The molecule has 1 amide bonds. The SMILES string of the molecule is CCCCCCCCCCCCCCCCCC(=O)OC[C@H](CSC[C@@H](N)C(=O)Nc1cn([C@H]2OC(CO)C(O)C(O)C2O)nn1)OC(=O)CCCCCCCCCCCCCCCCC. The zero-order valence-corrected chi connectivity index (χ0v) is 42.0. The molecule has 2 rings (SSSR count). The monoisotopic (exact) mass is 956 g/mol. The fraction of sp³-hybridized carbons (Fsp3) is 0.900. The number of esters is 2. The highest BCUT2D eigenvalue weighted by Crippen LogP contribution is 2.28. The molecule has 0 bridgehead atoms. The van der Waals surface area contributed by atoms with Crippen LogP contribution in [0.1, 0.15) is 226 Å². The molecule has 1 aliphatic heterocycles. The van der Waals surface area contributed by atoms with Gasteiger partial charge in [0.2, 0.25) is 5.91 Å². The number of aliphatic hydroxyl groups is 4. The summed E-state index contributed by atoms with van der Waals surface area (Å²) in [6.45, 7) is 3.84. The van der Waals surface area contributed by atoms with Gasteiger partial charge in [0.05, 0.1) is 18.8 Å². The Morgan fingerprint density at radius 1 is 0.667 bits per heavy atom. The zero-order chi connectivity index (χ0) is 48.0. The number of rotatable bonds is 43. The first-order valence-corrected chi connectivity index (χ1v) is 27.5. The van der Waals surface area contributed by atoms with E-state index in [9.17, 15) is 34.8 Å². The van der Waals surface area contributed by atoms with Gasteiger partial charge in [-0.15, -0.1) is 5.10 Å². The summed E-state index contributed by atoms with van der Waals surface area (Å²) in [5.41, 5.74) is 6.20. The molecule has 1 aromatic rings. The number of hydrogen-bond donors (Lipinski definition) is 6. The topological polar surface area (TPSA) is 229 Å². The summed E-state index contributed by atoms with van der Waals surface area (Å²) in [5, 5.41) is 50.4.